The third-order valence-corrected chi connectivity index (χ3v) is 3.32. The average Bonchev–Trinajstić information content (AvgIpc) is 2.61. The van der Waals surface area contributed by atoms with E-state index in [9.17, 15) is 14.7 Å². The molecule has 2 aliphatic heterocycles. The number of nitrogens with zero attached hydrogens (tertiary/aromatic N) is 1. The van der Waals surface area contributed by atoms with Gasteiger partial charge in [0.2, 0.25) is 5.91 Å². The molecule has 8 heteroatoms. The van der Waals surface area contributed by atoms with Gasteiger partial charge >= 0.3 is 6.03 Å². The third-order valence-electron chi connectivity index (χ3n) is 3.32. The number of hydrogen-bond acceptors (Lipinski definition) is 6. The summed E-state index contributed by atoms with van der Waals surface area (Å²) in [5, 5.41) is 20.9. The number of imide groups is 1. The second kappa shape index (κ2) is 4.81. The van der Waals surface area contributed by atoms with E-state index in [1.54, 1.807) is 6.92 Å². The van der Waals surface area contributed by atoms with E-state index in [1.165, 1.54) is 4.90 Å². The van der Waals surface area contributed by atoms with Gasteiger partial charge < -0.3 is 20.7 Å². The van der Waals surface area contributed by atoms with Crippen LogP contribution in [0, 0.1) is 5.92 Å². The summed E-state index contributed by atoms with van der Waals surface area (Å²) in [7, 11) is 0. The molecule has 0 radical (unpaired) electrons. The molecule has 3 amide bonds. The quantitative estimate of drug-likeness (QED) is 0.437. The molecule has 2 saturated heterocycles. The zero-order valence-corrected chi connectivity index (χ0v) is 9.94. The first-order valence-electron chi connectivity index (χ1n) is 5.77. The van der Waals surface area contributed by atoms with Crippen molar-refractivity contribution in [1.82, 2.24) is 10.2 Å². The van der Waals surface area contributed by atoms with Crippen LogP contribution >= 0.6 is 0 Å². The van der Waals surface area contributed by atoms with Crippen LogP contribution in [0.2, 0.25) is 0 Å². The SMILES string of the molecule is CC1CN([C@@H]2O[C@H](CO)[C@@H](O)[C@@H]2N)C(=O)NC1=O. The van der Waals surface area contributed by atoms with Crippen LogP contribution in [0.25, 0.3) is 0 Å². The van der Waals surface area contributed by atoms with E-state index in [0.717, 1.165) is 0 Å². The van der Waals surface area contributed by atoms with E-state index in [4.69, 9.17) is 15.6 Å². The van der Waals surface area contributed by atoms with Crippen LogP contribution in [0.5, 0.6) is 0 Å². The lowest BCUT2D eigenvalue weighted by Gasteiger charge is -2.35. The van der Waals surface area contributed by atoms with Crippen LogP contribution in [0.15, 0.2) is 0 Å². The molecule has 5 atom stereocenters. The van der Waals surface area contributed by atoms with Crippen molar-refractivity contribution in [2.24, 2.45) is 11.7 Å². The molecule has 0 spiro atoms. The van der Waals surface area contributed by atoms with Gasteiger partial charge in [-0.15, -0.1) is 0 Å². The summed E-state index contributed by atoms with van der Waals surface area (Å²) in [6.45, 7) is 1.47. The lowest BCUT2D eigenvalue weighted by atomic mass is 10.1. The van der Waals surface area contributed by atoms with Crippen molar-refractivity contribution in [2.75, 3.05) is 13.2 Å². The van der Waals surface area contributed by atoms with Gasteiger partial charge in [-0.2, -0.15) is 0 Å². The van der Waals surface area contributed by atoms with Crippen LogP contribution in [0.1, 0.15) is 6.92 Å². The molecule has 0 aliphatic carbocycles. The number of amides is 3. The fourth-order valence-electron chi connectivity index (χ4n) is 2.18. The molecule has 0 saturated carbocycles. The zero-order chi connectivity index (χ0) is 13.4. The molecule has 18 heavy (non-hydrogen) atoms. The van der Waals surface area contributed by atoms with Crippen LogP contribution in [0.4, 0.5) is 4.79 Å². The van der Waals surface area contributed by atoms with E-state index >= 15 is 0 Å². The summed E-state index contributed by atoms with van der Waals surface area (Å²) >= 11 is 0. The number of carbonyl (C=O) groups is 2. The molecular formula is C10H17N3O5. The maximum Gasteiger partial charge on any atom is 0.326 e. The lowest BCUT2D eigenvalue weighted by Crippen LogP contribution is -2.60. The van der Waals surface area contributed by atoms with Gasteiger partial charge in [0.05, 0.1) is 18.6 Å². The first-order valence-corrected chi connectivity index (χ1v) is 5.77. The minimum absolute atomic E-state index is 0.175. The number of hydrogen-bond donors (Lipinski definition) is 4. The van der Waals surface area contributed by atoms with Gasteiger partial charge in [-0.1, -0.05) is 6.92 Å². The number of nitrogens with one attached hydrogen (secondary N) is 1. The van der Waals surface area contributed by atoms with Crippen molar-refractivity contribution in [3.05, 3.63) is 0 Å². The van der Waals surface area contributed by atoms with Crippen molar-refractivity contribution in [2.45, 2.75) is 31.4 Å². The number of ether oxygens (including phenoxy) is 1. The smallest absolute Gasteiger partial charge is 0.326 e. The third kappa shape index (κ3) is 2.07. The monoisotopic (exact) mass is 259 g/mol. The highest BCUT2D eigenvalue weighted by atomic mass is 16.5. The van der Waals surface area contributed by atoms with Crippen molar-refractivity contribution in [3.8, 4) is 0 Å². The summed E-state index contributed by atoms with van der Waals surface area (Å²) in [4.78, 5) is 24.3. The molecule has 8 nitrogen and oxygen atoms in total. The fraction of sp³-hybridized carbons (Fsp3) is 0.800. The fourth-order valence-corrected chi connectivity index (χ4v) is 2.18. The van der Waals surface area contributed by atoms with Crippen molar-refractivity contribution in [1.29, 1.82) is 0 Å². The minimum Gasteiger partial charge on any atom is -0.394 e. The molecule has 2 aliphatic rings. The standard InChI is InChI=1S/C10H17N3O5/c1-4-2-13(10(17)12-8(4)16)9-6(11)7(15)5(3-14)18-9/h4-7,9,14-15H,2-3,11H2,1H3,(H,12,16,17)/t4?,5-,6+,7-,9-/m1/s1. The summed E-state index contributed by atoms with van der Waals surface area (Å²) in [5.74, 6) is -0.717. The van der Waals surface area contributed by atoms with Crippen LogP contribution in [0.3, 0.4) is 0 Å². The number of carbonyl (C=O) groups excluding carboxylic acids is 2. The normalized spacial score (nSPS) is 41.1. The Bertz CT molecular complexity index is 363. The predicted octanol–water partition coefficient (Wildman–Crippen LogP) is -2.42. The molecule has 0 aromatic heterocycles. The Morgan fingerprint density at radius 2 is 2.22 bits per heavy atom. The summed E-state index contributed by atoms with van der Waals surface area (Å²) in [6.07, 6.45) is -2.70. The Labute approximate surface area is 104 Å². The zero-order valence-electron chi connectivity index (χ0n) is 9.94. The van der Waals surface area contributed by atoms with E-state index in [-0.39, 0.29) is 25.0 Å². The molecule has 5 N–H and O–H groups in total. The maximum absolute atomic E-state index is 11.7. The molecule has 0 aromatic carbocycles. The molecule has 102 valence electrons. The average molecular weight is 259 g/mol. The summed E-state index contributed by atoms with van der Waals surface area (Å²) in [5.41, 5.74) is 5.77. The Kier molecular flexibility index (Phi) is 3.53. The van der Waals surface area contributed by atoms with Crippen molar-refractivity contribution in [3.63, 3.8) is 0 Å². The molecule has 2 fully saturated rings. The molecular weight excluding hydrogens is 242 g/mol. The summed E-state index contributed by atoms with van der Waals surface area (Å²) in [6, 6.07) is -1.40. The number of rotatable bonds is 2. The van der Waals surface area contributed by atoms with E-state index in [2.05, 4.69) is 5.32 Å². The second-order valence-electron chi connectivity index (χ2n) is 4.66. The highest BCUT2D eigenvalue weighted by Crippen LogP contribution is 2.24. The van der Waals surface area contributed by atoms with E-state index < -0.39 is 30.5 Å². The molecule has 0 aromatic rings. The van der Waals surface area contributed by atoms with Gasteiger partial charge in [0.25, 0.3) is 0 Å². The van der Waals surface area contributed by atoms with Gasteiger partial charge in [0, 0.05) is 6.54 Å². The van der Waals surface area contributed by atoms with Gasteiger partial charge in [-0.05, 0) is 0 Å². The number of aliphatic hydroxyl groups excluding tert-OH is 2. The van der Waals surface area contributed by atoms with Crippen LogP contribution < -0.4 is 11.1 Å². The largest absolute Gasteiger partial charge is 0.394 e. The lowest BCUT2D eigenvalue weighted by molar-refractivity contribution is -0.128. The molecule has 2 heterocycles. The summed E-state index contributed by atoms with van der Waals surface area (Å²) < 4.78 is 5.36. The highest BCUT2D eigenvalue weighted by molar-refractivity contribution is 5.97. The maximum atomic E-state index is 11.7. The first-order chi connectivity index (χ1) is 8.45. The second-order valence-corrected chi connectivity index (χ2v) is 4.66. The highest BCUT2D eigenvalue weighted by Gasteiger charge is 2.47. The first kappa shape index (κ1) is 13.2. The van der Waals surface area contributed by atoms with Crippen LogP contribution in [-0.4, -0.2) is 64.7 Å². The minimum atomic E-state index is -1.04. The number of urea groups is 1. The molecule has 0 bridgehead atoms. The Balaban J connectivity index is 2.12. The van der Waals surface area contributed by atoms with Gasteiger partial charge in [-0.25, -0.2) is 4.79 Å². The number of nitrogens with two attached hydrogens (primary N) is 1. The van der Waals surface area contributed by atoms with Gasteiger partial charge in [-0.3, -0.25) is 15.0 Å². The predicted molar refractivity (Wildman–Crippen MR) is 59.1 cm³/mol. The van der Waals surface area contributed by atoms with Crippen LogP contribution in [-0.2, 0) is 9.53 Å². The van der Waals surface area contributed by atoms with Gasteiger partial charge in [0.1, 0.15) is 12.2 Å². The number of aliphatic hydroxyl groups is 2. The van der Waals surface area contributed by atoms with Gasteiger partial charge in [0.15, 0.2) is 6.23 Å². The van der Waals surface area contributed by atoms with Crippen molar-refractivity contribution < 1.29 is 24.5 Å². The Morgan fingerprint density at radius 3 is 2.78 bits per heavy atom. The van der Waals surface area contributed by atoms with E-state index in [1.807, 2.05) is 0 Å². The molecule has 1 unspecified atom stereocenters. The molecule has 2 rings (SSSR count). The van der Waals surface area contributed by atoms with E-state index in [0.29, 0.717) is 0 Å². The Morgan fingerprint density at radius 1 is 1.56 bits per heavy atom. The Hall–Kier alpha value is -1.22. The topological polar surface area (TPSA) is 125 Å². The van der Waals surface area contributed by atoms with Crippen molar-refractivity contribution >= 4 is 11.9 Å².